The van der Waals surface area contributed by atoms with Gasteiger partial charge in [-0.1, -0.05) is 44.2 Å². The molecule has 5 heteroatoms. The molecule has 0 atom stereocenters. The maximum absolute atomic E-state index is 12.8. The summed E-state index contributed by atoms with van der Waals surface area (Å²) in [5.74, 6) is 0.425. The van der Waals surface area contributed by atoms with E-state index in [4.69, 9.17) is 26.1 Å². The average Bonchev–Trinajstić information content (AvgIpc) is 2.75. The minimum atomic E-state index is -0.343. The molecule has 0 radical (unpaired) electrons. The lowest BCUT2D eigenvalue weighted by Gasteiger charge is -2.11. The number of halogens is 1. The summed E-state index contributed by atoms with van der Waals surface area (Å²) in [4.78, 5) is 17.5. The molecule has 1 aromatic heterocycles. The Morgan fingerprint density at radius 1 is 1.00 bits per heavy atom. The van der Waals surface area contributed by atoms with E-state index in [1.165, 1.54) is 19.3 Å². The maximum atomic E-state index is 12.8. The molecule has 0 saturated heterocycles. The highest BCUT2D eigenvalue weighted by molar-refractivity contribution is 6.31. The third-order valence-corrected chi connectivity index (χ3v) is 5.09. The normalized spacial score (nSPS) is 10.9. The molecule has 152 valence electrons. The van der Waals surface area contributed by atoms with Crippen molar-refractivity contribution in [3.63, 3.8) is 0 Å². The fourth-order valence-corrected chi connectivity index (χ4v) is 3.40. The Balaban J connectivity index is 1.87. The van der Waals surface area contributed by atoms with Gasteiger partial charge in [-0.25, -0.2) is 9.78 Å². The summed E-state index contributed by atoms with van der Waals surface area (Å²) in [7, 11) is 1.63. The number of nitrogens with zero attached hydrogens (tertiary/aromatic N) is 1. The van der Waals surface area contributed by atoms with Crippen LogP contribution in [0.1, 0.15) is 49.4 Å². The van der Waals surface area contributed by atoms with Gasteiger partial charge in [0.15, 0.2) is 0 Å². The van der Waals surface area contributed by atoms with Crippen molar-refractivity contribution in [3.05, 3.63) is 59.1 Å². The van der Waals surface area contributed by atoms with Gasteiger partial charge < -0.3 is 9.47 Å². The zero-order chi connectivity index (χ0) is 20.6. The molecule has 0 fully saturated rings. The fraction of sp³-hybridized carbons (Fsp3) is 0.333. The fourth-order valence-electron chi connectivity index (χ4n) is 3.22. The Morgan fingerprint density at radius 2 is 1.76 bits per heavy atom. The van der Waals surface area contributed by atoms with E-state index in [2.05, 4.69) is 6.92 Å². The van der Waals surface area contributed by atoms with E-state index in [0.29, 0.717) is 33.8 Å². The second-order valence-electron chi connectivity index (χ2n) is 7.00. The summed E-state index contributed by atoms with van der Waals surface area (Å²) in [5.41, 5.74) is 2.79. The number of pyridine rings is 1. The highest BCUT2D eigenvalue weighted by Crippen LogP contribution is 2.28. The first-order chi connectivity index (χ1) is 14.1. The Labute approximate surface area is 176 Å². The number of ether oxygens (including phenoxy) is 2. The van der Waals surface area contributed by atoms with Gasteiger partial charge in [-0.3, -0.25) is 0 Å². The van der Waals surface area contributed by atoms with E-state index >= 15 is 0 Å². The van der Waals surface area contributed by atoms with Crippen LogP contribution in [0.25, 0.3) is 22.2 Å². The minimum absolute atomic E-state index is 0.343. The zero-order valence-corrected chi connectivity index (χ0v) is 17.7. The van der Waals surface area contributed by atoms with Crippen molar-refractivity contribution >= 4 is 28.5 Å². The lowest BCUT2D eigenvalue weighted by Crippen LogP contribution is -2.08. The van der Waals surface area contributed by atoms with Crippen LogP contribution in [0.5, 0.6) is 5.75 Å². The molecule has 3 aromatic rings. The van der Waals surface area contributed by atoms with Gasteiger partial charge >= 0.3 is 5.97 Å². The molecule has 0 saturated carbocycles. The van der Waals surface area contributed by atoms with Crippen LogP contribution in [0.4, 0.5) is 0 Å². The molecule has 0 aliphatic rings. The number of aromatic nitrogens is 1. The number of hydrogen-bond donors (Lipinski definition) is 0. The lowest BCUT2D eigenvalue weighted by molar-refractivity contribution is 0.0500. The molecule has 3 rings (SSSR count). The van der Waals surface area contributed by atoms with Crippen molar-refractivity contribution in [2.24, 2.45) is 0 Å². The van der Waals surface area contributed by atoms with Gasteiger partial charge in [0.05, 0.1) is 30.5 Å². The number of carbonyl (C=O) groups is 1. The summed E-state index contributed by atoms with van der Waals surface area (Å²) in [6.45, 7) is 2.60. The summed E-state index contributed by atoms with van der Waals surface area (Å²) in [6.07, 6.45) is 5.52. The molecule has 2 aromatic carbocycles. The van der Waals surface area contributed by atoms with Gasteiger partial charge in [0.2, 0.25) is 0 Å². The lowest BCUT2D eigenvalue weighted by atomic mass is 10.0. The highest BCUT2D eigenvalue weighted by Gasteiger charge is 2.16. The number of esters is 1. The van der Waals surface area contributed by atoms with Crippen molar-refractivity contribution in [3.8, 4) is 17.0 Å². The van der Waals surface area contributed by atoms with Crippen LogP contribution >= 0.6 is 11.6 Å². The van der Waals surface area contributed by atoms with E-state index in [9.17, 15) is 4.79 Å². The number of fused-ring (bicyclic) bond motifs is 1. The minimum Gasteiger partial charge on any atom is -0.497 e. The standard InChI is InChI=1S/C24H26ClNO3/c1-3-4-5-6-7-14-29-24(27)21-16-23(17-8-11-19(28-2)12-9-17)26-22-13-10-18(25)15-20(21)22/h8-13,15-16H,3-7,14H2,1-2H3. The largest absolute Gasteiger partial charge is 0.497 e. The Kier molecular flexibility index (Phi) is 7.48. The van der Waals surface area contributed by atoms with E-state index in [0.717, 1.165) is 24.2 Å². The molecular formula is C24H26ClNO3. The summed E-state index contributed by atoms with van der Waals surface area (Å²) < 4.78 is 10.8. The molecule has 4 nitrogen and oxygen atoms in total. The van der Waals surface area contributed by atoms with Gasteiger partial charge in [-0.15, -0.1) is 0 Å². The molecule has 29 heavy (non-hydrogen) atoms. The van der Waals surface area contributed by atoms with Crippen LogP contribution < -0.4 is 4.74 Å². The van der Waals surface area contributed by atoms with Crippen LogP contribution in [0.3, 0.4) is 0 Å². The molecule has 0 N–H and O–H groups in total. The van der Waals surface area contributed by atoms with E-state index in [1.54, 1.807) is 25.3 Å². The molecule has 0 amide bonds. The van der Waals surface area contributed by atoms with Gasteiger partial charge in [0.25, 0.3) is 0 Å². The van der Waals surface area contributed by atoms with Crippen molar-refractivity contribution < 1.29 is 14.3 Å². The first-order valence-electron chi connectivity index (χ1n) is 10.0. The molecule has 0 bridgehead atoms. The predicted molar refractivity (Wildman–Crippen MR) is 118 cm³/mol. The van der Waals surface area contributed by atoms with Crippen molar-refractivity contribution in [2.75, 3.05) is 13.7 Å². The second-order valence-corrected chi connectivity index (χ2v) is 7.43. The van der Waals surface area contributed by atoms with E-state index in [-0.39, 0.29) is 5.97 Å². The first kappa shape index (κ1) is 21.1. The zero-order valence-electron chi connectivity index (χ0n) is 16.9. The molecule has 0 spiro atoms. The first-order valence-corrected chi connectivity index (χ1v) is 10.4. The van der Waals surface area contributed by atoms with Crippen molar-refractivity contribution in [1.82, 2.24) is 4.98 Å². The summed E-state index contributed by atoms with van der Waals surface area (Å²) >= 11 is 6.17. The van der Waals surface area contributed by atoms with Gasteiger partial charge in [0, 0.05) is 16.0 Å². The maximum Gasteiger partial charge on any atom is 0.338 e. The van der Waals surface area contributed by atoms with E-state index < -0.39 is 0 Å². The Morgan fingerprint density at radius 3 is 2.48 bits per heavy atom. The summed E-state index contributed by atoms with van der Waals surface area (Å²) in [6, 6.07) is 14.7. The Bertz CT molecular complexity index is 970. The third kappa shape index (κ3) is 5.48. The molecular weight excluding hydrogens is 386 g/mol. The van der Waals surface area contributed by atoms with Crippen LogP contribution in [0, 0.1) is 0 Å². The molecule has 1 heterocycles. The smallest absolute Gasteiger partial charge is 0.338 e. The van der Waals surface area contributed by atoms with Crippen molar-refractivity contribution in [2.45, 2.75) is 39.0 Å². The number of carbonyl (C=O) groups excluding carboxylic acids is 1. The quantitative estimate of drug-likeness (QED) is 0.290. The SMILES string of the molecule is CCCCCCCOC(=O)c1cc(-c2ccc(OC)cc2)nc2ccc(Cl)cc12. The number of rotatable bonds is 9. The van der Waals surface area contributed by atoms with E-state index in [1.807, 2.05) is 30.3 Å². The molecule has 0 aliphatic heterocycles. The third-order valence-electron chi connectivity index (χ3n) is 4.86. The number of methoxy groups -OCH3 is 1. The highest BCUT2D eigenvalue weighted by atomic mass is 35.5. The monoisotopic (exact) mass is 411 g/mol. The topological polar surface area (TPSA) is 48.4 Å². The number of hydrogen-bond acceptors (Lipinski definition) is 4. The van der Waals surface area contributed by atoms with Gasteiger partial charge in [0.1, 0.15) is 5.75 Å². The second kappa shape index (κ2) is 10.3. The van der Waals surface area contributed by atoms with Crippen LogP contribution in [0.2, 0.25) is 5.02 Å². The average molecular weight is 412 g/mol. The summed E-state index contributed by atoms with van der Waals surface area (Å²) in [5, 5.41) is 1.26. The predicted octanol–water partition coefficient (Wildman–Crippen LogP) is 6.69. The van der Waals surface area contributed by atoms with Crippen molar-refractivity contribution in [1.29, 1.82) is 0 Å². The number of unbranched alkanes of at least 4 members (excludes halogenated alkanes) is 4. The number of benzene rings is 2. The van der Waals surface area contributed by atoms with Crippen LogP contribution in [-0.2, 0) is 4.74 Å². The molecule has 0 unspecified atom stereocenters. The van der Waals surface area contributed by atoms with Gasteiger partial charge in [-0.2, -0.15) is 0 Å². The van der Waals surface area contributed by atoms with Gasteiger partial charge in [-0.05, 0) is 55.0 Å². The molecule has 0 aliphatic carbocycles. The van der Waals surface area contributed by atoms with Crippen LogP contribution in [0.15, 0.2) is 48.5 Å². The van der Waals surface area contributed by atoms with Crippen LogP contribution in [-0.4, -0.2) is 24.7 Å². The Hall–Kier alpha value is -2.59.